The molecule has 0 aromatic heterocycles. The van der Waals surface area contributed by atoms with Crippen LogP contribution in [-0.2, 0) is 0 Å². The molecule has 0 radical (unpaired) electrons. The van der Waals surface area contributed by atoms with Crippen LogP contribution in [0.4, 0.5) is 0 Å². The van der Waals surface area contributed by atoms with Gasteiger partial charge in [-0.25, -0.2) is 0 Å². The lowest BCUT2D eigenvalue weighted by atomic mass is 9.50. The van der Waals surface area contributed by atoms with E-state index in [1.165, 1.54) is 0 Å². The second-order valence-corrected chi connectivity index (χ2v) is 13.7. The average Bonchev–Trinajstić information content (AvgIpc) is 3.01. The molecule has 2 heterocycles. The Bertz CT molecular complexity index is 790. The monoisotopic (exact) mass is 463 g/mol. The molecule has 11 unspecified atom stereocenters. The summed E-state index contributed by atoms with van der Waals surface area (Å²) in [5.74, 6) is 0.855. The minimum Gasteiger partial charge on any atom is -0.393 e. The zero-order chi connectivity index (χ0) is 23.5. The molecule has 14 atom stereocenters. The van der Waals surface area contributed by atoms with Crippen molar-refractivity contribution < 1.29 is 25.5 Å². The summed E-state index contributed by atoms with van der Waals surface area (Å²) in [6.07, 6.45) is 4.62. The van der Waals surface area contributed by atoms with E-state index in [0.717, 1.165) is 45.2 Å². The zero-order valence-electron chi connectivity index (χ0n) is 20.6. The molecule has 0 aromatic carbocycles. The molecule has 5 N–H and O–H groups in total. The summed E-state index contributed by atoms with van der Waals surface area (Å²) >= 11 is 0. The lowest BCUT2D eigenvalue weighted by Gasteiger charge is -2.62. The van der Waals surface area contributed by atoms with Crippen molar-refractivity contribution in [3.63, 3.8) is 0 Å². The molecule has 6 heteroatoms. The highest BCUT2D eigenvalue weighted by molar-refractivity contribution is 5.21. The summed E-state index contributed by atoms with van der Waals surface area (Å²) in [5.41, 5.74) is -2.03. The molecule has 0 spiro atoms. The van der Waals surface area contributed by atoms with Gasteiger partial charge in [0.2, 0.25) is 0 Å². The quantitative estimate of drug-likeness (QED) is 0.375. The van der Waals surface area contributed by atoms with E-state index in [1.54, 1.807) is 0 Å². The number of rotatable bonds is 0. The summed E-state index contributed by atoms with van der Waals surface area (Å²) < 4.78 is 0. The Morgan fingerprint density at radius 2 is 1.55 bits per heavy atom. The number of nitrogens with zero attached hydrogens (tertiary/aromatic N) is 1. The number of piperidine rings is 2. The Morgan fingerprint density at radius 3 is 2.30 bits per heavy atom. The van der Waals surface area contributed by atoms with E-state index in [2.05, 4.69) is 18.7 Å². The van der Waals surface area contributed by atoms with Gasteiger partial charge in [0, 0.05) is 31.5 Å². The number of hydrogen-bond donors (Lipinski definition) is 5. The summed E-state index contributed by atoms with van der Waals surface area (Å²) in [6.45, 7) is 8.34. The van der Waals surface area contributed by atoms with Gasteiger partial charge < -0.3 is 25.5 Å². The van der Waals surface area contributed by atoms with Crippen LogP contribution in [0.2, 0.25) is 0 Å². The van der Waals surface area contributed by atoms with Crippen LogP contribution in [0, 0.1) is 46.8 Å². The van der Waals surface area contributed by atoms with Crippen molar-refractivity contribution in [2.45, 2.75) is 108 Å². The third-order valence-corrected chi connectivity index (χ3v) is 12.1. The number of hydrogen-bond acceptors (Lipinski definition) is 6. The van der Waals surface area contributed by atoms with Crippen LogP contribution in [0.25, 0.3) is 0 Å². The minimum absolute atomic E-state index is 0.0208. The smallest absolute Gasteiger partial charge is 0.0830 e. The second kappa shape index (κ2) is 7.39. The number of fused-ring (bicyclic) bond motifs is 8. The van der Waals surface area contributed by atoms with E-state index < -0.39 is 23.4 Å². The second-order valence-electron chi connectivity index (χ2n) is 13.7. The van der Waals surface area contributed by atoms with Crippen molar-refractivity contribution in [2.24, 2.45) is 46.8 Å². The largest absolute Gasteiger partial charge is 0.393 e. The lowest BCUT2D eigenvalue weighted by Crippen LogP contribution is -2.72. The standard InChI is InChI=1S/C27H45NO5/c1-14-4-5-23-26(3,32)24-16(13-28(23)12-14)17-9-18-19(27(17,33)11-22(24)31)10-21(30)20-8-15(29)6-7-25(18,20)2/h14-24,29-33H,4-13H2,1-3H3/t14?,15?,16?,17?,18?,19?,20?,21?,22?,23?,24?,25-,26-,27+/m1/s1. The van der Waals surface area contributed by atoms with Gasteiger partial charge >= 0.3 is 0 Å². The zero-order valence-corrected chi connectivity index (χ0v) is 20.6. The summed E-state index contributed by atoms with van der Waals surface area (Å²) in [6, 6.07) is 0.0861. The first-order valence-electron chi connectivity index (χ1n) is 13.7. The SMILES string of the molecule is CC1CCC2N(C1)CC1C(C(O)C[C@]3(O)C1CC1C3CC(O)C3CC(O)CC[C@@]31C)[C@]2(C)O. The summed E-state index contributed by atoms with van der Waals surface area (Å²) in [7, 11) is 0. The van der Waals surface area contributed by atoms with Gasteiger partial charge in [-0.1, -0.05) is 13.8 Å². The maximum absolute atomic E-state index is 12.3. The first-order chi connectivity index (χ1) is 15.5. The molecule has 188 valence electrons. The van der Waals surface area contributed by atoms with Crippen molar-refractivity contribution in [3.8, 4) is 0 Å². The molecule has 4 aliphatic carbocycles. The van der Waals surface area contributed by atoms with Gasteiger partial charge in [-0.3, -0.25) is 4.90 Å². The fraction of sp³-hybridized carbons (Fsp3) is 1.00. The third kappa shape index (κ3) is 3.07. The van der Waals surface area contributed by atoms with E-state index in [-0.39, 0.29) is 47.2 Å². The normalized spacial score (nSPS) is 63.1. The van der Waals surface area contributed by atoms with Crippen LogP contribution >= 0.6 is 0 Å². The molecule has 0 amide bonds. The van der Waals surface area contributed by atoms with Crippen molar-refractivity contribution in [1.82, 2.24) is 4.90 Å². The number of aliphatic hydroxyl groups excluding tert-OH is 3. The van der Waals surface area contributed by atoms with E-state index in [9.17, 15) is 25.5 Å². The fourth-order valence-electron chi connectivity index (χ4n) is 10.7. The van der Waals surface area contributed by atoms with Crippen molar-refractivity contribution in [2.75, 3.05) is 13.1 Å². The summed E-state index contributed by atoms with van der Waals surface area (Å²) in [4.78, 5) is 2.46. The van der Waals surface area contributed by atoms with Gasteiger partial charge in [0.25, 0.3) is 0 Å². The van der Waals surface area contributed by atoms with Gasteiger partial charge in [0.1, 0.15) is 0 Å². The molecule has 6 aliphatic rings. The van der Waals surface area contributed by atoms with Crippen LogP contribution in [0.3, 0.4) is 0 Å². The van der Waals surface area contributed by atoms with Crippen LogP contribution in [-0.4, -0.2) is 79.1 Å². The topological polar surface area (TPSA) is 104 Å². The highest BCUT2D eigenvalue weighted by Crippen LogP contribution is 2.68. The molecule has 6 nitrogen and oxygen atoms in total. The molecule has 2 saturated heterocycles. The third-order valence-electron chi connectivity index (χ3n) is 12.1. The van der Waals surface area contributed by atoms with E-state index in [4.69, 9.17) is 0 Å². The lowest BCUT2D eigenvalue weighted by molar-refractivity contribution is -0.242. The van der Waals surface area contributed by atoms with Crippen molar-refractivity contribution in [1.29, 1.82) is 0 Å². The van der Waals surface area contributed by atoms with E-state index in [0.29, 0.717) is 31.1 Å². The average molecular weight is 464 g/mol. The predicted molar refractivity (Wildman–Crippen MR) is 124 cm³/mol. The Kier molecular flexibility index (Phi) is 5.19. The number of aliphatic hydroxyl groups is 5. The Hall–Kier alpha value is -0.240. The molecular formula is C27H45NO5. The molecule has 4 saturated carbocycles. The van der Waals surface area contributed by atoms with Gasteiger partial charge in [0.05, 0.1) is 29.5 Å². The van der Waals surface area contributed by atoms with Gasteiger partial charge in [-0.2, -0.15) is 0 Å². The molecule has 0 aromatic rings. The van der Waals surface area contributed by atoms with Crippen LogP contribution in [0.1, 0.15) is 72.1 Å². The van der Waals surface area contributed by atoms with Gasteiger partial charge in [-0.15, -0.1) is 0 Å². The molecule has 2 aliphatic heterocycles. The summed E-state index contributed by atoms with van der Waals surface area (Å²) in [5, 5.41) is 57.1. The van der Waals surface area contributed by atoms with E-state index >= 15 is 0 Å². The fourth-order valence-corrected chi connectivity index (χ4v) is 10.7. The first-order valence-corrected chi connectivity index (χ1v) is 13.7. The van der Waals surface area contributed by atoms with Crippen LogP contribution < -0.4 is 0 Å². The Labute approximate surface area is 198 Å². The predicted octanol–water partition coefficient (Wildman–Crippen LogP) is 1.76. The molecule has 6 fully saturated rings. The molecule has 33 heavy (non-hydrogen) atoms. The highest BCUT2D eigenvalue weighted by Gasteiger charge is 2.71. The molecule has 0 bridgehead atoms. The van der Waals surface area contributed by atoms with Crippen molar-refractivity contribution >= 4 is 0 Å². The van der Waals surface area contributed by atoms with Gasteiger partial charge in [-0.05, 0) is 92.8 Å². The Balaban J connectivity index is 1.37. The van der Waals surface area contributed by atoms with E-state index in [1.807, 2.05) is 6.92 Å². The molecular weight excluding hydrogens is 418 g/mol. The van der Waals surface area contributed by atoms with Crippen LogP contribution in [0.5, 0.6) is 0 Å². The minimum atomic E-state index is -0.986. The van der Waals surface area contributed by atoms with Crippen LogP contribution in [0.15, 0.2) is 0 Å². The maximum atomic E-state index is 12.3. The van der Waals surface area contributed by atoms with Gasteiger partial charge in [0.15, 0.2) is 0 Å². The highest BCUT2D eigenvalue weighted by atomic mass is 16.3. The Morgan fingerprint density at radius 1 is 0.788 bits per heavy atom. The van der Waals surface area contributed by atoms with Crippen molar-refractivity contribution in [3.05, 3.63) is 0 Å². The maximum Gasteiger partial charge on any atom is 0.0830 e. The molecule has 6 rings (SSSR count). The first kappa shape index (κ1) is 23.2.